The van der Waals surface area contributed by atoms with Crippen LogP contribution in [0.1, 0.15) is 43.4 Å². The Hall–Kier alpha value is -3.02. The highest BCUT2D eigenvalue weighted by atomic mass is 32.2. The molecule has 2 aromatic rings. The summed E-state index contributed by atoms with van der Waals surface area (Å²) in [6, 6.07) is 12.6. The van der Waals surface area contributed by atoms with E-state index in [2.05, 4.69) is 32.4 Å². The largest absolute Gasteiger partial charge is 0.483 e. The lowest BCUT2D eigenvalue weighted by Gasteiger charge is -2.26. The van der Waals surface area contributed by atoms with Gasteiger partial charge in [-0.05, 0) is 81.9 Å². The summed E-state index contributed by atoms with van der Waals surface area (Å²) in [4.78, 5) is 25.9. The maximum atomic E-state index is 11.6. The fraction of sp³-hybridized carbons (Fsp3) is 0.500. The van der Waals surface area contributed by atoms with Gasteiger partial charge >= 0.3 is 0 Å². The van der Waals surface area contributed by atoms with Gasteiger partial charge in [0.2, 0.25) is 16.4 Å². The molecule has 0 radical (unpaired) electrons. The van der Waals surface area contributed by atoms with Crippen molar-refractivity contribution in [1.82, 2.24) is 19.9 Å². The first kappa shape index (κ1) is 30.2. The van der Waals surface area contributed by atoms with E-state index in [0.717, 1.165) is 18.8 Å². The smallest absolute Gasteiger partial charge is 0.290 e. The summed E-state index contributed by atoms with van der Waals surface area (Å²) < 4.78 is 25.5. The van der Waals surface area contributed by atoms with Gasteiger partial charge in [0.15, 0.2) is 0 Å². The number of carbonyl (C=O) groups is 2. The first-order valence-electron chi connectivity index (χ1n) is 12.7. The molecule has 1 aromatic heterocycles. The van der Waals surface area contributed by atoms with Crippen LogP contribution < -0.4 is 15.4 Å². The van der Waals surface area contributed by atoms with Gasteiger partial charge in [-0.15, -0.1) is 0 Å². The van der Waals surface area contributed by atoms with Crippen LogP contribution in [-0.2, 0) is 32.5 Å². The maximum Gasteiger partial charge on any atom is 0.290 e. The minimum absolute atomic E-state index is 0.177. The van der Waals surface area contributed by atoms with E-state index < -0.39 is 10.0 Å². The molecule has 0 spiro atoms. The average Bonchev–Trinajstić information content (AvgIpc) is 2.93. The minimum atomic E-state index is -3.45. The molecule has 0 bridgehead atoms. The van der Waals surface area contributed by atoms with Crippen LogP contribution in [-0.4, -0.2) is 75.6 Å². The van der Waals surface area contributed by atoms with Crippen LogP contribution in [0.4, 0.5) is 5.82 Å². The lowest BCUT2D eigenvalue weighted by atomic mass is 10.1. The molecular formula is C26H39N5O5S. The highest BCUT2D eigenvalue weighted by molar-refractivity contribution is 7.89. The molecule has 0 saturated carbocycles. The van der Waals surface area contributed by atoms with Crippen LogP contribution in [0.15, 0.2) is 47.4 Å². The number of hydrogen-bond acceptors (Lipinski definition) is 7. The fourth-order valence-electron chi connectivity index (χ4n) is 4.17. The first-order chi connectivity index (χ1) is 18.0. The van der Waals surface area contributed by atoms with E-state index in [9.17, 15) is 13.2 Å². The number of carboxylic acid groups (broad SMARTS) is 1. The van der Waals surface area contributed by atoms with Crippen molar-refractivity contribution in [3.63, 3.8) is 0 Å². The summed E-state index contributed by atoms with van der Waals surface area (Å²) in [5.74, 6) is 1.14. The number of piperidine rings is 1. The van der Waals surface area contributed by atoms with E-state index in [1.807, 2.05) is 0 Å². The number of sulfonamides is 1. The predicted octanol–water partition coefficient (Wildman–Crippen LogP) is 2.27. The molecule has 1 saturated heterocycles. The third kappa shape index (κ3) is 11.7. The topological polar surface area (TPSA) is 141 Å². The molecule has 10 nitrogen and oxygen atoms in total. The average molecular weight is 534 g/mol. The normalized spacial score (nSPS) is 14.9. The molecule has 0 unspecified atom stereocenters. The molecule has 0 atom stereocenters. The highest BCUT2D eigenvalue weighted by Gasteiger charge is 2.13. The third-order valence-corrected chi connectivity index (χ3v) is 7.48. The van der Waals surface area contributed by atoms with Crippen LogP contribution in [0.2, 0.25) is 0 Å². The van der Waals surface area contributed by atoms with Crippen molar-refractivity contribution in [1.29, 1.82) is 0 Å². The summed E-state index contributed by atoms with van der Waals surface area (Å²) in [5, 5.41) is 12.7. The van der Waals surface area contributed by atoms with Gasteiger partial charge in [0.05, 0.1) is 4.90 Å². The Morgan fingerprint density at radius 3 is 2.43 bits per heavy atom. The van der Waals surface area contributed by atoms with Gasteiger partial charge < -0.3 is 20.6 Å². The SMILES string of the molecule is O=CNCCNS(=O)(=O)c1ccccc1.O=CO.c1cc2c(nc1CCCN1CCCCC1)NCCC2. The van der Waals surface area contributed by atoms with Gasteiger partial charge in [0.25, 0.3) is 6.47 Å². The number of anilines is 1. The maximum absolute atomic E-state index is 11.6. The lowest BCUT2D eigenvalue weighted by molar-refractivity contribution is -0.122. The van der Waals surface area contributed by atoms with Crippen molar-refractivity contribution < 1.29 is 23.1 Å². The first-order valence-corrected chi connectivity index (χ1v) is 14.2. The van der Waals surface area contributed by atoms with Crippen LogP contribution in [0.3, 0.4) is 0 Å². The number of pyridine rings is 1. The molecular weight excluding hydrogens is 494 g/mol. The van der Waals surface area contributed by atoms with Crippen molar-refractivity contribution in [2.75, 3.05) is 44.6 Å². The number of hydrogen-bond donors (Lipinski definition) is 4. The molecule has 11 heteroatoms. The number of aryl methyl sites for hydroxylation is 2. The van der Waals surface area contributed by atoms with Crippen molar-refractivity contribution in [3.05, 3.63) is 53.7 Å². The van der Waals surface area contributed by atoms with E-state index in [1.54, 1.807) is 18.2 Å². The molecule has 4 N–H and O–H groups in total. The Labute approximate surface area is 219 Å². The number of nitrogens with one attached hydrogen (secondary N) is 3. The minimum Gasteiger partial charge on any atom is -0.483 e. The van der Waals surface area contributed by atoms with Crippen LogP contribution in [0.25, 0.3) is 0 Å². The molecule has 204 valence electrons. The van der Waals surface area contributed by atoms with Gasteiger partial charge in [0, 0.05) is 25.3 Å². The van der Waals surface area contributed by atoms with Gasteiger partial charge in [-0.25, -0.2) is 18.1 Å². The molecule has 1 amide bonds. The second-order valence-corrected chi connectivity index (χ2v) is 10.5. The Morgan fingerprint density at radius 2 is 1.73 bits per heavy atom. The van der Waals surface area contributed by atoms with Crippen LogP contribution in [0, 0.1) is 0 Å². The van der Waals surface area contributed by atoms with E-state index >= 15 is 0 Å². The van der Waals surface area contributed by atoms with Gasteiger partial charge in [-0.1, -0.05) is 30.7 Å². The van der Waals surface area contributed by atoms with E-state index in [4.69, 9.17) is 14.9 Å². The number of fused-ring (bicyclic) bond motifs is 1. The fourth-order valence-corrected chi connectivity index (χ4v) is 5.23. The zero-order valence-corrected chi connectivity index (χ0v) is 22.1. The quantitative estimate of drug-likeness (QED) is 0.269. The number of nitrogens with zero attached hydrogens (tertiary/aromatic N) is 2. The number of rotatable bonds is 10. The molecule has 37 heavy (non-hydrogen) atoms. The Morgan fingerprint density at radius 1 is 1.00 bits per heavy atom. The molecule has 3 heterocycles. The van der Waals surface area contributed by atoms with Crippen molar-refractivity contribution in [2.24, 2.45) is 0 Å². The van der Waals surface area contributed by atoms with Crippen molar-refractivity contribution in [3.8, 4) is 0 Å². The Balaban J connectivity index is 0.000000242. The monoisotopic (exact) mass is 533 g/mol. The molecule has 2 aliphatic heterocycles. The zero-order valence-electron chi connectivity index (χ0n) is 21.3. The van der Waals surface area contributed by atoms with Crippen molar-refractivity contribution in [2.45, 2.75) is 49.8 Å². The number of carbonyl (C=O) groups excluding carboxylic acids is 1. The van der Waals surface area contributed by atoms with Crippen LogP contribution in [0.5, 0.6) is 0 Å². The second-order valence-electron chi connectivity index (χ2n) is 8.73. The molecule has 1 fully saturated rings. The number of aromatic nitrogens is 1. The number of amides is 1. The molecule has 4 rings (SSSR count). The summed E-state index contributed by atoms with van der Waals surface area (Å²) in [5.41, 5.74) is 2.65. The highest BCUT2D eigenvalue weighted by Crippen LogP contribution is 2.20. The zero-order chi connectivity index (χ0) is 26.8. The van der Waals surface area contributed by atoms with Crippen LogP contribution >= 0.6 is 0 Å². The Bertz CT molecular complexity index is 1030. The van der Waals surface area contributed by atoms with E-state index in [0.29, 0.717) is 6.41 Å². The van der Waals surface area contributed by atoms with Gasteiger partial charge in [0.1, 0.15) is 5.82 Å². The molecule has 0 aliphatic carbocycles. The summed E-state index contributed by atoms with van der Waals surface area (Å²) >= 11 is 0. The van der Waals surface area contributed by atoms with Crippen molar-refractivity contribution >= 4 is 28.7 Å². The van der Waals surface area contributed by atoms with Gasteiger partial charge in [-0.2, -0.15) is 0 Å². The van der Waals surface area contributed by atoms with E-state index in [1.165, 1.54) is 81.5 Å². The second kappa shape index (κ2) is 17.4. The Kier molecular flexibility index (Phi) is 14.2. The summed E-state index contributed by atoms with van der Waals surface area (Å²) in [7, 11) is -3.45. The molecule has 2 aliphatic rings. The summed E-state index contributed by atoms with van der Waals surface area (Å²) in [6.45, 7) is 5.13. The predicted molar refractivity (Wildman–Crippen MR) is 144 cm³/mol. The third-order valence-electron chi connectivity index (χ3n) is 6.01. The lowest BCUT2D eigenvalue weighted by Crippen LogP contribution is -2.31. The van der Waals surface area contributed by atoms with Gasteiger partial charge in [-0.3, -0.25) is 9.59 Å². The number of likely N-dealkylation sites (tertiary alicyclic amines) is 1. The standard InChI is InChI=1S/C16H25N3.C9H12N2O3S.CH2O2/c1-2-11-19(12-3-1)13-5-7-15-9-8-14-6-4-10-17-16(14)18-15;12-8-10-6-7-11-15(13,14)9-4-2-1-3-5-9;2-1-3/h8-9H,1-7,10-13H2,(H,17,18);1-5,8,11H,6-7H2,(H,10,12);1H,(H,2,3). The molecule has 1 aromatic carbocycles. The van der Waals surface area contributed by atoms with E-state index in [-0.39, 0.29) is 24.5 Å². The number of benzene rings is 1. The summed E-state index contributed by atoms with van der Waals surface area (Å²) in [6.07, 6.45) is 9.51.